The van der Waals surface area contributed by atoms with Crippen LogP contribution in [-0.4, -0.2) is 32.5 Å². The SMILES string of the molecule is CSCC(=O)Nc1ccc(-n2cnc3ccccc32)nc1. The van der Waals surface area contributed by atoms with E-state index in [2.05, 4.69) is 15.3 Å². The smallest absolute Gasteiger partial charge is 0.234 e. The normalized spacial score (nSPS) is 10.7. The number of para-hydroxylation sites is 2. The highest BCUT2D eigenvalue weighted by Crippen LogP contribution is 2.17. The number of carbonyl (C=O) groups is 1. The molecular weight excluding hydrogens is 284 g/mol. The van der Waals surface area contributed by atoms with Crippen molar-refractivity contribution in [2.24, 2.45) is 0 Å². The quantitative estimate of drug-likeness (QED) is 0.804. The summed E-state index contributed by atoms with van der Waals surface area (Å²) in [4.78, 5) is 20.3. The van der Waals surface area contributed by atoms with Crippen molar-refractivity contribution in [3.63, 3.8) is 0 Å². The van der Waals surface area contributed by atoms with Crippen molar-refractivity contribution < 1.29 is 4.79 Å². The number of aromatic nitrogens is 3. The van der Waals surface area contributed by atoms with Crippen LogP contribution in [0.1, 0.15) is 0 Å². The van der Waals surface area contributed by atoms with Crippen LogP contribution in [0.2, 0.25) is 0 Å². The molecule has 6 heteroatoms. The van der Waals surface area contributed by atoms with Gasteiger partial charge < -0.3 is 5.32 Å². The lowest BCUT2D eigenvalue weighted by atomic mass is 10.3. The average Bonchev–Trinajstić information content (AvgIpc) is 2.92. The van der Waals surface area contributed by atoms with E-state index in [0.717, 1.165) is 16.9 Å². The number of amides is 1. The number of carbonyl (C=O) groups excluding carboxylic acids is 1. The Hall–Kier alpha value is -2.34. The molecule has 0 spiro atoms. The molecule has 1 aromatic carbocycles. The summed E-state index contributed by atoms with van der Waals surface area (Å²) in [6.45, 7) is 0. The number of nitrogens with zero attached hydrogens (tertiary/aromatic N) is 3. The van der Waals surface area contributed by atoms with Crippen LogP contribution in [-0.2, 0) is 4.79 Å². The van der Waals surface area contributed by atoms with E-state index in [-0.39, 0.29) is 5.91 Å². The molecule has 106 valence electrons. The Balaban J connectivity index is 1.85. The molecule has 2 aromatic heterocycles. The molecule has 1 amide bonds. The Labute approximate surface area is 126 Å². The first kappa shape index (κ1) is 13.6. The molecule has 0 aliphatic heterocycles. The molecule has 0 bridgehead atoms. The molecule has 5 nitrogen and oxygen atoms in total. The number of benzene rings is 1. The van der Waals surface area contributed by atoms with E-state index < -0.39 is 0 Å². The van der Waals surface area contributed by atoms with E-state index in [1.165, 1.54) is 11.8 Å². The van der Waals surface area contributed by atoms with Crippen LogP contribution < -0.4 is 5.32 Å². The fourth-order valence-electron chi connectivity index (χ4n) is 2.07. The van der Waals surface area contributed by atoms with Crippen molar-refractivity contribution in [1.82, 2.24) is 14.5 Å². The highest BCUT2D eigenvalue weighted by Gasteiger charge is 2.06. The summed E-state index contributed by atoms with van der Waals surface area (Å²) in [5.74, 6) is 1.19. The van der Waals surface area contributed by atoms with Gasteiger partial charge in [0.05, 0.1) is 28.7 Å². The third-order valence-corrected chi connectivity index (χ3v) is 3.56. The van der Waals surface area contributed by atoms with Gasteiger partial charge in [-0.15, -0.1) is 0 Å². The zero-order chi connectivity index (χ0) is 14.7. The molecule has 0 radical (unpaired) electrons. The number of thioether (sulfide) groups is 1. The molecule has 2 heterocycles. The van der Waals surface area contributed by atoms with Crippen LogP contribution in [0.15, 0.2) is 48.9 Å². The van der Waals surface area contributed by atoms with E-state index in [9.17, 15) is 4.79 Å². The Bertz CT molecular complexity index is 767. The Kier molecular flexibility index (Phi) is 3.87. The molecule has 0 saturated heterocycles. The zero-order valence-corrected chi connectivity index (χ0v) is 12.3. The molecule has 3 rings (SSSR count). The minimum Gasteiger partial charge on any atom is -0.324 e. The van der Waals surface area contributed by atoms with E-state index in [1.54, 1.807) is 12.5 Å². The zero-order valence-electron chi connectivity index (χ0n) is 11.5. The maximum absolute atomic E-state index is 11.5. The van der Waals surface area contributed by atoms with Gasteiger partial charge in [-0.1, -0.05) is 12.1 Å². The van der Waals surface area contributed by atoms with Gasteiger partial charge in [0.25, 0.3) is 0 Å². The maximum Gasteiger partial charge on any atom is 0.234 e. The number of anilines is 1. The first-order valence-corrected chi connectivity index (χ1v) is 7.84. The van der Waals surface area contributed by atoms with Crippen LogP contribution in [0.3, 0.4) is 0 Å². The van der Waals surface area contributed by atoms with Crippen LogP contribution >= 0.6 is 11.8 Å². The van der Waals surface area contributed by atoms with E-state index in [1.807, 2.05) is 47.2 Å². The van der Waals surface area contributed by atoms with Crippen LogP contribution in [0, 0.1) is 0 Å². The highest BCUT2D eigenvalue weighted by atomic mass is 32.2. The fourth-order valence-corrected chi connectivity index (χ4v) is 2.41. The van der Waals surface area contributed by atoms with E-state index in [0.29, 0.717) is 11.4 Å². The Morgan fingerprint density at radius 3 is 2.86 bits per heavy atom. The lowest BCUT2D eigenvalue weighted by Gasteiger charge is -2.06. The van der Waals surface area contributed by atoms with Gasteiger partial charge >= 0.3 is 0 Å². The van der Waals surface area contributed by atoms with Crippen molar-refractivity contribution in [2.45, 2.75) is 0 Å². The van der Waals surface area contributed by atoms with E-state index in [4.69, 9.17) is 0 Å². The predicted octanol–water partition coefficient (Wildman–Crippen LogP) is 2.72. The van der Waals surface area contributed by atoms with Gasteiger partial charge in [-0.2, -0.15) is 11.8 Å². The fraction of sp³-hybridized carbons (Fsp3) is 0.133. The number of imidazole rings is 1. The highest BCUT2D eigenvalue weighted by molar-refractivity contribution is 7.99. The van der Waals surface area contributed by atoms with Crippen molar-refractivity contribution in [1.29, 1.82) is 0 Å². The van der Waals surface area contributed by atoms with Gasteiger partial charge in [0.1, 0.15) is 12.1 Å². The summed E-state index contributed by atoms with van der Waals surface area (Å²) < 4.78 is 1.92. The van der Waals surface area contributed by atoms with Crippen molar-refractivity contribution in [2.75, 3.05) is 17.3 Å². The summed E-state index contributed by atoms with van der Waals surface area (Å²) in [5, 5.41) is 2.81. The molecule has 1 N–H and O–H groups in total. The number of hydrogen-bond donors (Lipinski definition) is 1. The average molecular weight is 298 g/mol. The second kappa shape index (κ2) is 5.97. The number of rotatable bonds is 4. The Morgan fingerprint density at radius 2 is 2.10 bits per heavy atom. The summed E-state index contributed by atoms with van der Waals surface area (Å²) in [6.07, 6.45) is 5.30. The monoisotopic (exact) mass is 298 g/mol. The van der Waals surface area contributed by atoms with Crippen molar-refractivity contribution in [3.8, 4) is 5.82 Å². The van der Waals surface area contributed by atoms with Crippen molar-refractivity contribution in [3.05, 3.63) is 48.9 Å². The van der Waals surface area contributed by atoms with Gasteiger partial charge in [-0.05, 0) is 30.5 Å². The largest absolute Gasteiger partial charge is 0.324 e. The minimum atomic E-state index is -0.0230. The van der Waals surface area contributed by atoms with Gasteiger partial charge in [-0.3, -0.25) is 9.36 Å². The molecule has 21 heavy (non-hydrogen) atoms. The standard InChI is InChI=1S/C15H14N4OS/c1-21-9-15(20)18-11-6-7-14(16-8-11)19-10-17-12-4-2-3-5-13(12)19/h2-8,10H,9H2,1H3,(H,18,20). The lowest BCUT2D eigenvalue weighted by Crippen LogP contribution is -2.14. The van der Waals surface area contributed by atoms with Gasteiger partial charge in [0.2, 0.25) is 5.91 Å². The second-order valence-corrected chi connectivity index (χ2v) is 5.36. The number of pyridine rings is 1. The minimum absolute atomic E-state index is 0.0230. The predicted molar refractivity (Wildman–Crippen MR) is 85.9 cm³/mol. The van der Waals surface area contributed by atoms with Crippen LogP contribution in [0.4, 0.5) is 5.69 Å². The topological polar surface area (TPSA) is 59.8 Å². The molecule has 3 aromatic rings. The molecule has 0 atom stereocenters. The lowest BCUT2D eigenvalue weighted by molar-refractivity contribution is -0.113. The molecule has 0 aliphatic carbocycles. The molecule has 0 aliphatic rings. The molecular formula is C15H14N4OS. The summed E-state index contributed by atoms with van der Waals surface area (Å²) in [6, 6.07) is 11.6. The van der Waals surface area contributed by atoms with Gasteiger partial charge in [-0.25, -0.2) is 9.97 Å². The first-order chi connectivity index (χ1) is 10.3. The number of hydrogen-bond acceptors (Lipinski definition) is 4. The molecule has 0 saturated carbocycles. The molecule has 0 fully saturated rings. The Morgan fingerprint density at radius 1 is 1.24 bits per heavy atom. The summed E-state index contributed by atoms with van der Waals surface area (Å²) in [7, 11) is 0. The third kappa shape index (κ3) is 2.90. The van der Waals surface area contributed by atoms with Gasteiger partial charge in [0.15, 0.2) is 0 Å². The number of fused-ring (bicyclic) bond motifs is 1. The third-order valence-electron chi connectivity index (χ3n) is 3.01. The van der Waals surface area contributed by atoms with Crippen LogP contribution in [0.25, 0.3) is 16.9 Å². The number of nitrogens with one attached hydrogen (secondary N) is 1. The summed E-state index contributed by atoms with van der Waals surface area (Å²) >= 11 is 1.49. The molecule has 0 unspecified atom stereocenters. The van der Waals surface area contributed by atoms with Crippen molar-refractivity contribution >= 4 is 34.4 Å². The van der Waals surface area contributed by atoms with E-state index >= 15 is 0 Å². The van der Waals surface area contributed by atoms with Gasteiger partial charge in [0, 0.05) is 0 Å². The summed E-state index contributed by atoms with van der Waals surface area (Å²) in [5.41, 5.74) is 2.63. The second-order valence-electron chi connectivity index (χ2n) is 4.49. The van der Waals surface area contributed by atoms with Crippen LogP contribution in [0.5, 0.6) is 0 Å². The first-order valence-electron chi connectivity index (χ1n) is 6.45. The maximum atomic E-state index is 11.5.